The SMILES string of the molecule is CCN(CCC(N)=NO)Cc1ccc(I)cc1. The Morgan fingerprint density at radius 3 is 2.59 bits per heavy atom. The Kier molecular flexibility index (Phi) is 6.28. The van der Waals surface area contributed by atoms with E-state index in [0.29, 0.717) is 6.42 Å². The Labute approximate surface area is 116 Å². The highest BCUT2D eigenvalue weighted by molar-refractivity contribution is 14.1. The van der Waals surface area contributed by atoms with Crippen molar-refractivity contribution < 1.29 is 5.21 Å². The van der Waals surface area contributed by atoms with Crippen molar-refractivity contribution in [3.05, 3.63) is 33.4 Å². The molecule has 0 fully saturated rings. The minimum absolute atomic E-state index is 0.283. The third-order valence-electron chi connectivity index (χ3n) is 2.58. The van der Waals surface area contributed by atoms with E-state index in [1.807, 2.05) is 0 Å². The van der Waals surface area contributed by atoms with Gasteiger partial charge in [0.05, 0.1) is 0 Å². The van der Waals surface area contributed by atoms with Gasteiger partial charge in [0.2, 0.25) is 0 Å². The van der Waals surface area contributed by atoms with Crippen molar-refractivity contribution in [1.82, 2.24) is 4.90 Å². The molecule has 0 unspecified atom stereocenters. The lowest BCUT2D eigenvalue weighted by atomic mass is 10.2. The van der Waals surface area contributed by atoms with Gasteiger partial charge in [-0.15, -0.1) is 0 Å². The van der Waals surface area contributed by atoms with Crippen LogP contribution < -0.4 is 5.73 Å². The molecule has 1 aromatic rings. The number of halogens is 1. The fourth-order valence-electron chi connectivity index (χ4n) is 1.52. The molecule has 5 heteroatoms. The number of benzene rings is 1. The summed E-state index contributed by atoms with van der Waals surface area (Å²) in [7, 11) is 0. The van der Waals surface area contributed by atoms with E-state index in [1.165, 1.54) is 9.13 Å². The highest BCUT2D eigenvalue weighted by atomic mass is 127. The Bertz CT molecular complexity index is 365. The molecule has 4 nitrogen and oxygen atoms in total. The zero-order chi connectivity index (χ0) is 12.7. The van der Waals surface area contributed by atoms with E-state index in [0.717, 1.165) is 19.6 Å². The highest BCUT2D eigenvalue weighted by Crippen LogP contribution is 2.09. The van der Waals surface area contributed by atoms with Crippen LogP contribution in [0.25, 0.3) is 0 Å². The maximum atomic E-state index is 8.48. The van der Waals surface area contributed by atoms with Crippen LogP contribution in [0.3, 0.4) is 0 Å². The lowest BCUT2D eigenvalue weighted by Crippen LogP contribution is -2.27. The van der Waals surface area contributed by atoms with Crippen LogP contribution in [0.4, 0.5) is 0 Å². The van der Waals surface area contributed by atoms with Gasteiger partial charge in [0.1, 0.15) is 5.84 Å². The zero-order valence-electron chi connectivity index (χ0n) is 9.93. The lowest BCUT2D eigenvalue weighted by molar-refractivity contribution is 0.283. The van der Waals surface area contributed by atoms with E-state index in [2.05, 4.69) is 63.8 Å². The Morgan fingerprint density at radius 1 is 1.41 bits per heavy atom. The van der Waals surface area contributed by atoms with Crippen LogP contribution in [-0.2, 0) is 6.54 Å². The first-order valence-corrected chi connectivity index (χ1v) is 6.66. The lowest BCUT2D eigenvalue weighted by Gasteiger charge is -2.20. The second-order valence-electron chi connectivity index (χ2n) is 3.84. The molecule has 0 aromatic heterocycles. The number of hydrogen-bond donors (Lipinski definition) is 2. The van der Waals surface area contributed by atoms with E-state index in [4.69, 9.17) is 10.9 Å². The van der Waals surface area contributed by atoms with Gasteiger partial charge in [-0.2, -0.15) is 0 Å². The normalized spacial score (nSPS) is 12.1. The van der Waals surface area contributed by atoms with Crippen LogP contribution in [0.15, 0.2) is 29.4 Å². The largest absolute Gasteiger partial charge is 0.409 e. The molecule has 0 atom stereocenters. The summed E-state index contributed by atoms with van der Waals surface area (Å²) in [6, 6.07) is 8.47. The average molecular weight is 347 g/mol. The summed E-state index contributed by atoms with van der Waals surface area (Å²) in [6.07, 6.45) is 0.592. The Balaban J connectivity index is 2.49. The summed E-state index contributed by atoms with van der Waals surface area (Å²) in [6.45, 7) is 4.76. The molecule has 0 aliphatic carbocycles. The quantitative estimate of drug-likeness (QED) is 0.273. The van der Waals surface area contributed by atoms with Gasteiger partial charge in [-0.1, -0.05) is 24.2 Å². The molecule has 0 saturated heterocycles. The third-order valence-corrected chi connectivity index (χ3v) is 3.30. The van der Waals surface area contributed by atoms with Gasteiger partial charge >= 0.3 is 0 Å². The molecular formula is C12H18IN3O. The maximum Gasteiger partial charge on any atom is 0.140 e. The Morgan fingerprint density at radius 2 is 2.06 bits per heavy atom. The summed E-state index contributed by atoms with van der Waals surface area (Å²) in [4.78, 5) is 2.26. The van der Waals surface area contributed by atoms with Crippen molar-refractivity contribution in [2.45, 2.75) is 19.9 Å². The number of oxime groups is 1. The number of nitrogens with zero attached hydrogens (tertiary/aromatic N) is 2. The van der Waals surface area contributed by atoms with E-state index >= 15 is 0 Å². The van der Waals surface area contributed by atoms with Crippen molar-refractivity contribution in [2.24, 2.45) is 10.9 Å². The smallest absolute Gasteiger partial charge is 0.140 e. The summed E-state index contributed by atoms with van der Waals surface area (Å²) >= 11 is 2.30. The standard InChI is InChI=1S/C12H18IN3O/c1-2-16(8-7-12(14)15-17)9-10-3-5-11(13)6-4-10/h3-6,17H,2,7-9H2,1H3,(H2,14,15). The third kappa shape index (κ3) is 5.36. The zero-order valence-corrected chi connectivity index (χ0v) is 12.1. The van der Waals surface area contributed by atoms with Gasteiger partial charge in [0.15, 0.2) is 0 Å². The number of hydrogen-bond acceptors (Lipinski definition) is 3. The summed E-state index contributed by atoms with van der Waals surface area (Å²) in [5.74, 6) is 0.283. The fourth-order valence-corrected chi connectivity index (χ4v) is 1.88. The molecule has 0 saturated carbocycles. The first-order valence-electron chi connectivity index (χ1n) is 5.59. The number of rotatable bonds is 6. The minimum atomic E-state index is 0.283. The van der Waals surface area contributed by atoms with Crippen LogP contribution in [0.1, 0.15) is 18.9 Å². The van der Waals surface area contributed by atoms with Crippen molar-refractivity contribution >= 4 is 28.4 Å². The molecule has 17 heavy (non-hydrogen) atoms. The summed E-state index contributed by atoms with van der Waals surface area (Å²) in [5, 5.41) is 11.5. The molecule has 0 radical (unpaired) electrons. The Hall–Kier alpha value is -0.820. The highest BCUT2D eigenvalue weighted by Gasteiger charge is 2.05. The van der Waals surface area contributed by atoms with Gasteiger partial charge in [0.25, 0.3) is 0 Å². The second-order valence-corrected chi connectivity index (χ2v) is 5.08. The summed E-state index contributed by atoms with van der Waals surface area (Å²) < 4.78 is 1.24. The molecule has 0 bridgehead atoms. The molecule has 94 valence electrons. The van der Waals surface area contributed by atoms with Crippen molar-refractivity contribution in [1.29, 1.82) is 0 Å². The van der Waals surface area contributed by atoms with Gasteiger partial charge in [-0.3, -0.25) is 4.90 Å². The van der Waals surface area contributed by atoms with Gasteiger partial charge in [0, 0.05) is 23.1 Å². The molecule has 0 heterocycles. The molecule has 0 spiro atoms. The first-order chi connectivity index (χ1) is 8.15. The first kappa shape index (κ1) is 14.2. The van der Waals surface area contributed by atoms with Crippen LogP contribution in [0.2, 0.25) is 0 Å². The monoisotopic (exact) mass is 347 g/mol. The van der Waals surface area contributed by atoms with Crippen molar-refractivity contribution in [3.8, 4) is 0 Å². The molecule has 3 N–H and O–H groups in total. The predicted molar refractivity (Wildman–Crippen MR) is 78.1 cm³/mol. The number of nitrogens with two attached hydrogens (primary N) is 1. The van der Waals surface area contributed by atoms with E-state index in [9.17, 15) is 0 Å². The molecule has 1 rings (SSSR count). The van der Waals surface area contributed by atoms with Gasteiger partial charge < -0.3 is 10.9 Å². The maximum absolute atomic E-state index is 8.48. The van der Waals surface area contributed by atoms with Crippen molar-refractivity contribution in [2.75, 3.05) is 13.1 Å². The topological polar surface area (TPSA) is 61.8 Å². The second kappa shape index (κ2) is 7.50. The van der Waals surface area contributed by atoms with Crippen LogP contribution >= 0.6 is 22.6 Å². The molecular weight excluding hydrogens is 329 g/mol. The molecule has 0 aliphatic heterocycles. The minimum Gasteiger partial charge on any atom is -0.409 e. The molecule has 1 aromatic carbocycles. The van der Waals surface area contributed by atoms with Crippen LogP contribution in [0, 0.1) is 3.57 Å². The molecule has 0 aliphatic rings. The van der Waals surface area contributed by atoms with E-state index in [-0.39, 0.29) is 5.84 Å². The van der Waals surface area contributed by atoms with Gasteiger partial charge in [-0.05, 0) is 46.8 Å². The van der Waals surface area contributed by atoms with Crippen molar-refractivity contribution in [3.63, 3.8) is 0 Å². The number of amidine groups is 1. The van der Waals surface area contributed by atoms with Crippen LogP contribution in [0.5, 0.6) is 0 Å². The van der Waals surface area contributed by atoms with Crippen LogP contribution in [-0.4, -0.2) is 29.0 Å². The van der Waals surface area contributed by atoms with Gasteiger partial charge in [-0.25, -0.2) is 0 Å². The predicted octanol–water partition coefficient (Wildman–Crippen LogP) is 2.25. The van der Waals surface area contributed by atoms with E-state index < -0.39 is 0 Å². The molecule has 0 amide bonds. The fraction of sp³-hybridized carbons (Fsp3) is 0.417. The van der Waals surface area contributed by atoms with E-state index in [1.54, 1.807) is 0 Å². The average Bonchev–Trinajstić information content (AvgIpc) is 2.36. The summed E-state index contributed by atoms with van der Waals surface area (Å²) in [5.41, 5.74) is 6.75.